The summed E-state index contributed by atoms with van der Waals surface area (Å²) in [5, 5.41) is 18.1. The van der Waals surface area contributed by atoms with Crippen LogP contribution < -0.4 is 0 Å². The second-order valence-electron chi connectivity index (χ2n) is 9.63. The number of pyridine rings is 1. The predicted octanol–water partition coefficient (Wildman–Crippen LogP) is 6.75. The van der Waals surface area contributed by atoms with E-state index in [1.807, 2.05) is 58.0 Å². The van der Waals surface area contributed by atoms with Gasteiger partial charge in [-0.3, -0.25) is 4.98 Å². The molecule has 38 heavy (non-hydrogen) atoms. The normalized spacial score (nSPS) is 14.0. The molecular formula is C30H32FNO5P+. The minimum Gasteiger partial charge on any atom is -0.477 e. The first kappa shape index (κ1) is 29.1. The predicted molar refractivity (Wildman–Crippen MR) is 147 cm³/mol. The van der Waals surface area contributed by atoms with Gasteiger partial charge in [0.15, 0.2) is 0 Å². The van der Waals surface area contributed by atoms with Crippen molar-refractivity contribution >= 4 is 14.0 Å². The second-order valence-corrected chi connectivity index (χ2v) is 11.2. The van der Waals surface area contributed by atoms with Crippen LogP contribution in [0, 0.1) is 17.7 Å². The van der Waals surface area contributed by atoms with Gasteiger partial charge in [0.2, 0.25) is 0 Å². The van der Waals surface area contributed by atoms with Gasteiger partial charge in [0, 0.05) is 11.1 Å². The fourth-order valence-corrected chi connectivity index (χ4v) is 5.27. The lowest BCUT2D eigenvalue weighted by Crippen LogP contribution is -2.44. The number of rotatable bonds is 8. The first-order chi connectivity index (χ1) is 17.9. The number of carboxylic acid groups (broad SMARTS) is 1. The first-order valence-corrected chi connectivity index (χ1v) is 13.5. The van der Waals surface area contributed by atoms with Gasteiger partial charge in [-0.05, 0) is 52.5 Å². The molecule has 0 amide bonds. The van der Waals surface area contributed by atoms with Crippen molar-refractivity contribution < 1.29 is 28.5 Å². The molecule has 0 saturated heterocycles. The lowest BCUT2D eigenvalue weighted by molar-refractivity contribution is -0.141. The molecule has 3 atom stereocenters. The number of benzene rings is 2. The molecule has 3 rings (SSSR count). The van der Waals surface area contributed by atoms with E-state index in [-0.39, 0.29) is 11.8 Å². The highest BCUT2D eigenvalue weighted by atomic mass is 31.1. The molecule has 8 heteroatoms. The van der Waals surface area contributed by atoms with Gasteiger partial charge in [-0.1, -0.05) is 76.1 Å². The van der Waals surface area contributed by atoms with Gasteiger partial charge in [-0.25, -0.2) is 9.18 Å². The molecule has 0 aliphatic heterocycles. The smallest absolute Gasteiger partial charge is 0.477 e. The first-order valence-electron chi connectivity index (χ1n) is 12.3. The van der Waals surface area contributed by atoms with Gasteiger partial charge in [-0.2, -0.15) is 0 Å². The van der Waals surface area contributed by atoms with Crippen LogP contribution >= 0.6 is 8.03 Å². The lowest BCUT2D eigenvalue weighted by atomic mass is 9.83. The van der Waals surface area contributed by atoms with Crippen LogP contribution in [0.15, 0.2) is 54.6 Å². The fraction of sp³-hybridized carbons (Fsp3) is 0.333. The Morgan fingerprint density at radius 1 is 1.00 bits per heavy atom. The highest BCUT2D eigenvalue weighted by Gasteiger charge is 2.62. The van der Waals surface area contributed by atoms with Gasteiger partial charge in [0.25, 0.3) is 0 Å². The Kier molecular flexibility index (Phi) is 9.17. The van der Waals surface area contributed by atoms with Crippen LogP contribution in [0.4, 0.5) is 4.39 Å². The molecule has 6 nitrogen and oxygen atoms in total. The Hall–Kier alpha value is -3.43. The zero-order valence-electron chi connectivity index (χ0n) is 22.3. The Morgan fingerprint density at radius 3 is 2.08 bits per heavy atom. The average Bonchev–Trinajstić information content (AvgIpc) is 2.88. The van der Waals surface area contributed by atoms with E-state index in [0.717, 1.165) is 23.9 Å². The maximum atomic E-state index is 13.9. The summed E-state index contributed by atoms with van der Waals surface area (Å²) in [5.41, 5.74) is 4.88. The standard InChI is InChI=1S/C30H31FNO5P/c1-18(2)25-26(21-12-14-23(31)15-13-21)24(16-17-30(20(5)33,29(34)35)38(36)37-6)27(19(3)4)32-28(25)22-10-8-7-9-11-22/h7-15,18-20,33H,1-6H3/p+1. The largest absolute Gasteiger partial charge is 0.542 e. The molecule has 198 valence electrons. The van der Waals surface area contributed by atoms with Gasteiger partial charge in [0.05, 0.1) is 24.1 Å². The maximum Gasteiger partial charge on any atom is 0.542 e. The third kappa shape index (κ3) is 5.54. The molecule has 2 N–H and O–H groups in total. The molecule has 2 aromatic carbocycles. The zero-order chi connectivity index (χ0) is 28.2. The number of carboxylic acids is 1. The number of aliphatic hydroxyl groups is 1. The van der Waals surface area contributed by atoms with E-state index in [9.17, 15) is 24.0 Å². The molecule has 1 heterocycles. The third-order valence-corrected chi connectivity index (χ3v) is 7.91. The van der Waals surface area contributed by atoms with E-state index in [1.165, 1.54) is 19.1 Å². The molecule has 0 spiro atoms. The lowest BCUT2D eigenvalue weighted by Gasteiger charge is -2.23. The highest BCUT2D eigenvalue weighted by Crippen LogP contribution is 2.44. The van der Waals surface area contributed by atoms with Gasteiger partial charge >= 0.3 is 19.2 Å². The van der Waals surface area contributed by atoms with Gasteiger partial charge in [0.1, 0.15) is 11.9 Å². The van der Waals surface area contributed by atoms with Gasteiger partial charge in [-0.15, -0.1) is 4.52 Å². The summed E-state index contributed by atoms with van der Waals surface area (Å²) < 4.78 is 31.6. The fourth-order valence-electron chi connectivity index (χ4n) is 4.37. The van der Waals surface area contributed by atoms with E-state index >= 15 is 0 Å². The van der Waals surface area contributed by atoms with E-state index < -0.39 is 31.1 Å². The van der Waals surface area contributed by atoms with Crippen molar-refractivity contribution in [3.63, 3.8) is 0 Å². The minimum atomic E-state index is -2.90. The molecule has 3 unspecified atom stereocenters. The summed E-state index contributed by atoms with van der Waals surface area (Å²) in [5.74, 6) is 3.44. The van der Waals surface area contributed by atoms with Crippen molar-refractivity contribution in [1.82, 2.24) is 4.98 Å². The summed E-state index contributed by atoms with van der Waals surface area (Å²) >= 11 is 0. The molecule has 0 fully saturated rings. The number of nitrogens with zero attached hydrogens (tertiary/aromatic N) is 1. The second kappa shape index (κ2) is 12.0. The summed E-state index contributed by atoms with van der Waals surface area (Å²) in [6.07, 6.45) is -1.60. The van der Waals surface area contributed by atoms with Crippen molar-refractivity contribution in [2.24, 2.45) is 0 Å². The minimum absolute atomic E-state index is 0.0453. The van der Waals surface area contributed by atoms with Crippen molar-refractivity contribution in [1.29, 1.82) is 0 Å². The van der Waals surface area contributed by atoms with Crippen molar-refractivity contribution in [3.05, 3.63) is 77.2 Å². The third-order valence-electron chi connectivity index (χ3n) is 6.33. The molecule has 0 saturated carbocycles. The van der Waals surface area contributed by atoms with Crippen molar-refractivity contribution in [2.45, 2.75) is 57.7 Å². The van der Waals surface area contributed by atoms with E-state index in [4.69, 9.17) is 9.51 Å². The SMILES string of the molecule is CO[P+](=O)C(C#Cc1c(C(C)C)nc(-c2ccccc2)c(C(C)C)c1-c1ccc(F)cc1)(C(=O)O)C(C)O. The topological polar surface area (TPSA) is 96.7 Å². The number of aliphatic hydroxyl groups excluding tert-OH is 1. The monoisotopic (exact) mass is 536 g/mol. The Balaban J connectivity index is 2.55. The van der Waals surface area contributed by atoms with Crippen LogP contribution in [0.5, 0.6) is 0 Å². The van der Waals surface area contributed by atoms with E-state index in [0.29, 0.717) is 22.4 Å². The van der Waals surface area contributed by atoms with E-state index in [2.05, 4.69) is 11.8 Å². The number of halogens is 1. The molecule has 3 aromatic rings. The van der Waals surface area contributed by atoms with Crippen LogP contribution in [0.2, 0.25) is 0 Å². The number of carbonyl (C=O) groups is 1. The summed E-state index contributed by atoms with van der Waals surface area (Å²) in [6, 6.07) is 15.7. The number of hydrogen-bond donors (Lipinski definition) is 2. The molecule has 0 aliphatic carbocycles. The molecule has 0 bridgehead atoms. The van der Waals surface area contributed by atoms with Crippen LogP contribution in [-0.2, 0) is 13.9 Å². The Bertz CT molecular complexity index is 1390. The number of aromatic nitrogens is 1. The van der Waals surface area contributed by atoms with Crippen molar-refractivity contribution in [3.8, 4) is 34.2 Å². The molecular weight excluding hydrogens is 504 g/mol. The summed E-state index contributed by atoms with van der Waals surface area (Å²) in [7, 11) is -1.79. The summed E-state index contributed by atoms with van der Waals surface area (Å²) in [4.78, 5) is 17.4. The van der Waals surface area contributed by atoms with Crippen molar-refractivity contribution in [2.75, 3.05) is 7.11 Å². The van der Waals surface area contributed by atoms with Crippen LogP contribution in [0.3, 0.4) is 0 Å². The maximum absolute atomic E-state index is 13.9. The van der Waals surface area contributed by atoms with E-state index in [1.54, 1.807) is 12.1 Å². The van der Waals surface area contributed by atoms with Crippen LogP contribution in [0.1, 0.15) is 63.3 Å². The van der Waals surface area contributed by atoms with Crippen LogP contribution in [0.25, 0.3) is 22.4 Å². The molecule has 0 radical (unpaired) electrons. The number of aliphatic carboxylic acids is 1. The molecule has 1 aromatic heterocycles. The zero-order valence-corrected chi connectivity index (χ0v) is 23.2. The number of hydrogen-bond acceptors (Lipinski definition) is 5. The quantitative estimate of drug-likeness (QED) is 0.244. The van der Waals surface area contributed by atoms with Gasteiger partial charge < -0.3 is 10.2 Å². The molecule has 0 aliphatic rings. The average molecular weight is 537 g/mol. The summed E-state index contributed by atoms with van der Waals surface area (Å²) in [6.45, 7) is 9.14. The Labute approximate surface area is 223 Å². The Morgan fingerprint density at radius 2 is 1.61 bits per heavy atom. The van der Waals surface area contributed by atoms with Crippen LogP contribution in [-0.4, -0.2) is 39.5 Å². The highest BCUT2D eigenvalue weighted by molar-refractivity contribution is 7.43.